The largest absolute Gasteiger partial charge is 0.495 e. The summed E-state index contributed by atoms with van der Waals surface area (Å²) < 4.78 is 10.5. The van der Waals surface area contributed by atoms with Gasteiger partial charge in [-0.25, -0.2) is 9.78 Å². The first kappa shape index (κ1) is 21.9. The van der Waals surface area contributed by atoms with Gasteiger partial charge in [-0.3, -0.25) is 4.79 Å². The number of benzene rings is 1. The van der Waals surface area contributed by atoms with Gasteiger partial charge in [-0.2, -0.15) is 0 Å². The second-order valence-electron chi connectivity index (χ2n) is 7.65. The van der Waals surface area contributed by atoms with Crippen molar-refractivity contribution >= 4 is 23.5 Å². The Morgan fingerprint density at radius 2 is 1.90 bits per heavy atom. The number of pyridine rings is 1. The van der Waals surface area contributed by atoms with Crippen molar-refractivity contribution in [2.45, 2.75) is 38.1 Å². The van der Waals surface area contributed by atoms with E-state index in [4.69, 9.17) is 21.1 Å². The molecule has 0 unspecified atom stereocenters. The fourth-order valence-corrected chi connectivity index (χ4v) is 3.97. The van der Waals surface area contributed by atoms with Crippen LogP contribution >= 0.6 is 11.6 Å². The minimum Gasteiger partial charge on any atom is -0.495 e. The Labute approximate surface area is 180 Å². The van der Waals surface area contributed by atoms with E-state index in [1.807, 2.05) is 0 Å². The van der Waals surface area contributed by atoms with Gasteiger partial charge in [-0.05, 0) is 55.4 Å². The van der Waals surface area contributed by atoms with Crippen molar-refractivity contribution in [3.8, 4) is 22.8 Å². The van der Waals surface area contributed by atoms with Crippen molar-refractivity contribution in [3.63, 3.8) is 0 Å². The van der Waals surface area contributed by atoms with Crippen LogP contribution in [0.25, 0.3) is 11.1 Å². The molecule has 1 saturated carbocycles. The molecule has 1 aromatic heterocycles. The fourth-order valence-electron chi connectivity index (χ4n) is 3.72. The van der Waals surface area contributed by atoms with Crippen LogP contribution in [0.5, 0.6) is 11.6 Å². The molecule has 2 aromatic rings. The van der Waals surface area contributed by atoms with Crippen LogP contribution in [0, 0.1) is 5.92 Å². The zero-order chi connectivity index (χ0) is 21.9. The third kappa shape index (κ3) is 4.36. The van der Waals surface area contributed by atoms with E-state index in [1.165, 1.54) is 20.4 Å². The van der Waals surface area contributed by atoms with E-state index in [9.17, 15) is 14.7 Å². The number of carbonyl (C=O) groups excluding carboxylic acids is 1. The molecule has 1 heterocycles. The molecule has 1 aliphatic carbocycles. The molecule has 0 aliphatic heterocycles. The number of nitrogens with one attached hydrogen (secondary N) is 1. The number of carboxylic acids is 1. The zero-order valence-corrected chi connectivity index (χ0v) is 18.0. The maximum Gasteiger partial charge on any atom is 0.329 e. The van der Waals surface area contributed by atoms with Crippen molar-refractivity contribution in [2.24, 2.45) is 5.92 Å². The van der Waals surface area contributed by atoms with E-state index in [-0.39, 0.29) is 5.56 Å². The van der Waals surface area contributed by atoms with Crippen LogP contribution in [0.15, 0.2) is 30.5 Å². The molecule has 30 heavy (non-hydrogen) atoms. The molecule has 1 amide bonds. The summed E-state index contributed by atoms with van der Waals surface area (Å²) in [6.45, 7) is 2.09. The Morgan fingerprint density at radius 3 is 2.47 bits per heavy atom. The monoisotopic (exact) mass is 432 g/mol. The van der Waals surface area contributed by atoms with E-state index in [0.717, 1.165) is 12.8 Å². The third-order valence-corrected chi connectivity index (χ3v) is 5.95. The standard InChI is InChI=1S/C22H25ClN2O5/c1-13-6-8-22(9-7-13,21(27)28)25-19(26)15-10-16(20(30-3)24-12-15)14-4-5-18(29-2)17(23)11-14/h4-5,10-13H,6-9H2,1-3H3,(H,25,26)(H,27,28)/t13-,22-. The highest BCUT2D eigenvalue weighted by Crippen LogP contribution is 2.35. The maximum atomic E-state index is 13.0. The van der Waals surface area contributed by atoms with Crippen LogP contribution in [0.1, 0.15) is 43.0 Å². The topological polar surface area (TPSA) is 97.8 Å². The summed E-state index contributed by atoms with van der Waals surface area (Å²) in [7, 11) is 3.01. The molecule has 0 spiro atoms. The summed E-state index contributed by atoms with van der Waals surface area (Å²) in [5.74, 6) is -0.193. The molecule has 7 nitrogen and oxygen atoms in total. The van der Waals surface area contributed by atoms with E-state index in [0.29, 0.717) is 46.5 Å². The van der Waals surface area contributed by atoms with Crippen LogP contribution < -0.4 is 14.8 Å². The van der Waals surface area contributed by atoms with Crippen molar-refractivity contribution in [1.29, 1.82) is 0 Å². The predicted molar refractivity (Wildman–Crippen MR) is 113 cm³/mol. The number of rotatable bonds is 6. The molecule has 1 aliphatic rings. The van der Waals surface area contributed by atoms with Crippen molar-refractivity contribution in [3.05, 3.63) is 41.0 Å². The molecule has 0 bridgehead atoms. The van der Waals surface area contributed by atoms with E-state index < -0.39 is 17.4 Å². The number of hydrogen-bond acceptors (Lipinski definition) is 5. The molecule has 3 rings (SSSR count). The van der Waals surface area contributed by atoms with Gasteiger partial charge in [0, 0.05) is 11.8 Å². The number of carboxylic acid groups (broad SMARTS) is 1. The quantitative estimate of drug-likeness (QED) is 0.710. The smallest absolute Gasteiger partial charge is 0.329 e. The number of ether oxygens (including phenoxy) is 2. The Balaban J connectivity index is 1.93. The van der Waals surface area contributed by atoms with Crippen molar-refractivity contribution < 1.29 is 24.2 Å². The predicted octanol–water partition coefficient (Wildman–Crippen LogP) is 4.18. The summed E-state index contributed by atoms with van der Waals surface area (Å²) in [4.78, 5) is 29.1. The lowest BCUT2D eigenvalue weighted by atomic mass is 9.77. The number of halogens is 1. The normalized spacial score (nSPS) is 21.0. The molecule has 160 valence electrons. The molecule has 0 saturated heterocycles. The number of nitrogens with zero attached hydrogens (tertiary/aromatic N) is 1. The molecule has 2 N–H and O–H groups in total. The first-order chi connectivity index (χ1) is 14.3. The SMILES string of the molecule is COc1ccc(-c2cc(C(=O)N[C@]3(C(=O)O)CC[C@@H](C)CC3)cnc2OC)cc1Cl. The van der Waals surface area contributed by atoms with Gasteiger partial charge in [0.2, 0.25) is 5.88 Å². The lowest BCUT2D eigenvalue weighted by Gasteiger charge is -2.36. The average molecular weight is 433 g/mol. The molecule has 1 fully saturated rings. The van der Waals surface area contributed by atoms with Crippen molar-refractivity contribution in [1.82, 2.24) is 10.3 Å². The molecule has 1 aromatic carbocycles. The lowest BCUT2D eigenvalue weighted by Crippen LogP contribution is -2.56. The molecule has 8 heteroatoms. The van der Waals surface area contributed by atoms with Gasteiger partial charge in [0.05, 0.1) is 24.8 Å². The highest BCUT2D eigenvalue weighted by molar-refractivity contribution is 6.32. The van der Waals surface area contributed by atoms with E-state index in [1.54, 1.807) is 24.3 Å². The first-order valence-corrected chi connectivity index (χ1v) is 10.1. The lowest BCUT2D eigenvalue weighted by molar-refractivity contribution is -0.146. The molecule has 0 atom stereocenters. The number of amides is 1. The molecular formula is C22H25ClN2O5. The number of aromatic nitrogens is 1. The van der Waals surface area contributed by atoms with E-state index in [2.05, 4.69) is 17.2 Å². The van der Waals surface area contributed by atoms with Crippen LogP contribution in [-0.4, -0.2) is 41.7 Å². The van der Waals surface area contributed by atoms with Crippen LogP contribution in [0.2, 0.25) is 5.02 Å². The average Bonchev–Trinajstić information content (AvgIpc) is 2.74. The minimum atomic E-state index is -1.26. The van der Waals surface area contributed by atoms with Crippen LogP contribution in [0.4, 0.5) is 0 Å². The Morgan fingerprint density at radius 1 is 1.20 bits per heavy atom. The van der Waals surface area contributed by atoms with Gasteiger partial charge in [0.1, 0.15) is 11.3 Å². The molecule has 0 radical (unpaired) electrons. The summed E-state index contributed by atoms with van der Waals surface area (Å²) in [5.41, 5.74) is 0.250. The van der Waals surface area contributed by atoms with Crippen molar-refractivity contribution in [2.75, 3.05) is 14.2 Å². The molecular weight excluding hydrogens is 408 g/mol. The Kier molecular flexibility index (Phi) is 6.51. The highest BCUT2D eigenvalue weighted by Gasteiger charge is 2.42. The van der Waals surface area contributed by atoms with Gasteiger partial charge in [-0.15, -0.1) is 0 Å². The van der Waals surface area contributed by atoms with Gasteiger partial charge < -0.3 is 19.9 Å². The first-order valence-electron chi connectivity index (χ1n) is 9.73. The zero-order valence-electron chi connectivity index (χ0n) is 17.2. The maximum absolute atomic E-state index is 13.0. The number of carbonyl (C=O) groups is 2. The van der Waals surface area contributed by atoms with Gasteiger partial charge in [-0.1, -0.05) is 24.6 Å². The summed E-state index contributed by atoms with van der Waals surface area (Å²) in [5, 5.41) is 12.9. The van der Waals surface area contributed by atoms with Gasteiger partial charge in [0.25, 0.3) is 5.91 Å². The number of aliphatic carboxylic acids is 1. The van der Waals surface area contributed by atoms with Gasteiger partial charge >= 0.3 is 5.97 Å². The Hall–Kier alpha value is -2.80. The number of hydrogen-bond donors (Lipinski definition) is 2. The third-order valence-electron chi connectivity index (χ3n) is 5.66. The Bertz CT molecular complexity index is 955. The highest BCUT2D eigenvalue weighted by atomic mass is 35.5. The number of methoxy groups -OCH3 is 2. The summed E-state index contributed by atoms with van der Waals surface area (Å²) in [6, 6.07) is 6.82. The van der Waals surface area contributed by atoms with E-state index >= 15 is 0 Å². The summed E-state index contributed by atoms with van der Waals surface area (Å²) in [6.07, 6.45) is 3.69. The second kappa shape index (κ2) is 8.92. The second-order valence-corrected chi connectivity index (χ2v) is 8.06. The fraction of sp³-hybridized carbons (Fsp3) is 0.409. The van der Waals surface area contributed by atoms with Crippen LogP contribution in [0.3, 0.4) is 0 Å². The minimum absolute atomic E-state index is 0.247. The summed E-state index contributed by atoms with van der Waals surface area (Å²) >= 11 is 6.24. The van der Waals surface area contributed by atoms with Crippen LogP contribution in [-0.2, 0) is 4.79 Å². The van der Waals surface area contributed by atoms with Gasteiger partial charge in [0.15, 0.2) is 0 Å².